The molecule has 0 aromatic rings. The number of nitrogens with two attached hydrogens (primary N) is 1. The van der Waals surface area contributed by atoms with Gasteiger partial charge in [0.25, 0.3) is 0 Å². The molecular weight excluding hydrogens is 216 g/mol. The van der Waals surface area contributed by atoms with Crippen LogP contribution in [-0.4, -0.2) is 31.7 Å². The fourth-order valence-electron chi connectivity index (χ4n) is 1.66. The van der Waals surface area contributed by atoms with Gasteiger partial charge in [0.2, 0.25) is 5.91 Å². The minimum Gasteiger partial charge on any atom is -0.380 e. The summed E-state index contributed by atoms with van der Waals surface area (Å²) in [6.45, 7) is 6.30. The molecule has 17 heavy (non-hydrogen) atoms. The quantitative estimate of drug-likeness (QED) is 0.599. The first kappa shape index (κ1) is 14.5. The highest BCUT2D eigenvalue weighted by molar-refractivity contribution is 5.76. The Morgan fingerprint density at radius 3 is 2.71 bits per heavy atom. The molecule has 100 valence electrons. The van der Waals surface area contributed by atoms with Crippen LogP contribution in [0.5, 0.6) is 0 Å². The first-order valence-electron chi connectivity index (χ1n) is 6.69. The first-order chi connectivity index (χ1) is 8.09. The van der Waals surface area contributed by atoms with Crippen LogP contribution in [0.4, 0.5) is 0 Å². The first-order valence-corrected chi connectivity index (χ1v) is 6.69. The van der Waals surface area contributed by atoms with E-state index in [0.29, 0.717) is 31.4 Å². The fraction of sp³-hybridized carbons (Fsp3) is 0.923. The van der Waals surface area contributed by atoms with Crippen LogP contribution in [0.1, 0.15) is 39.5 Å². The number of hydrogen-bond acceptors (Lipinski definition) is 3. The van der Waals surface area contributed by atoms with E-state index >= 15 is 0 Å². The molecule has 1 saturated carbocycles. The molecule has 1 amide bonds. The Morgan fingerprint density at radius 1 is 1.41 bits per heavy atom. The summed E-state index contributed by atoms with van der Waals surface area (Å²) < 4.78 is 5.41. The summed E-state index contributed by atoms with van der Waals surface area (Å²) in [4.78, 5) is 11.5. The number of carbonyl (C=O) groups excluding carboxylic acids is 1. The highest BCUT2D eigenvalue weighted by atomic mass is 16.5. The van der Waals surface area contributed by atoms with Gasteiger partial charge >= 0.3 is 0 Å². The van der Waals surface area contributed by atoms with Gasteiger partial charge in [-0.3, -0.25) is 4.79 Å². The van der Waals surface area contributed by atoms with E-state index in [1.54, 1.807) is 0 Å². The van der Waals surface area contributed by atoms with Crippen molar-refractivity contribution in [3.05, 3.63) is 0 Å². The minimum absolute atomic E-state index is 0.0526. The van der Waals surface area contributed by atoms with Crippen LogP contribution in [-0.2, 0) is 9.53 Å². The van der Waals surface area contributed by atoms with E-state index in [2.05, 4.69) is 19.2 Å². The Morgan fingerprint density at radius 2 is 2.12 bits per heavy atom. The molecule has 3 N–H and O–H groups in total. The predicted octanol–water partition coefficient (Wildman–Crippen LogP) is 1.29. The summed E-state index contributed by atoms with van der Waals surface area (Å²) in [6.07, 6.45) is 3.90. The fourth-order valence-corrected chi connectivity index (χ4v) is 1.66. The second kappa shape index (κ2) is 7.67. The van der Waals surface area contributed by atoms with Gasteiger partial charge in [0.05, 0.1) is 6.61 Å². The lowest BCUT2D eigenvalue weighted by Gasteiger charge is -2.11. The maximum atomic E-state index is 11.5. The van der Waals surface area contributed by atoms with Crippen molar-refractivity contribution in [1.29, 1.82) is 0 Å². The maximum absolute atomic E-state index is 11.5. The van der Waals surface area contributed by atoms with Crippen LogP contribution < -0.4 is 11.1 Å². The molecule has 0 aromatic carbocycles. The topological polar surface area (TPSA) is 64.3 Å². The van der Waals surface area contributed by atoms with Gasteiger partial charge in [-0.1, -0.05) is 13.8 Å². The molecular formula is C13H26N2O2. The molecule has 0 radical (unpaired) electrons. The molecule has 1 unspecified atom stereocenters. The van der Waals surface area contributed by atoms with Crippen LogP contribution in [0.2, 0.25) is 0 Å². The van der Waals surface area contributed by atoms with E-state index in [1.165, 1.54) is 12.8 Å². The minimum atomic E-state index is 0.0526. The van der Waals surface area contributed by atoms with Crippen molar-refractivity contribution in [2.75, 3.05) is 19.8 Å². The largest absolute Gasteiger partial charge is 0.380 e. The number of hydrogen-bond donors (Lipinski definition) is 2. The van der Waals surface area contributed by atoms with Crippen molar-refractivity contribution in [2.24, 2.45) is 17.6 Å². The lowest BCUT2D eigenvalue weighted by molar-refractivity contribution is -0.121. The lowest BCUT2D eigenvalue weighted by Crippen LogP contribution is -2.34. The molecule has 1 fully saturated rings. The molecule has 0 aliphatic heterocycles. The molecule has 0 bridgehead atoms. The van der Waals surface area contributed by atoms with Gasteiger partial charge in [0.15, 0.2) is 0 Å². The third-order valence-corrected chi connectivity index (χ3v) is 3.06. The molecule has 1 aliphatic carbocycles. The molecule has 0 spiro atoms. The van der Waals surface area contributed by atoms with E-state index < -0.39 is 0 Å². The van der Waals surface area contributed by atoms with Gasteiger partial charge < -0.3 is 15.8 Å². The molecule has 1 rings (SSSR count). The van der Waals surface area contributed by atoms with Gasteiger partial charge in [-0.25, -0.2) is 0 Å². The standard InChI is InChI=1S/C13H26N2O2/c1-10(2)5-7-17-8-6-15-13(16)9-12(14)11-3-4-11/h10-12H,3-9,14H2,1-2H3,(H,15,16). The lowest BCUT2D eigenvalue weighted by atomic mass is 10.1. The summed E-state index contributed by atoms with van der Waals surface area (Å²) in [7, 11) is 0. The Labute approximate surface area is 104 Å². The molecule has 4 heteroatoms. The smallest absolute Gasteiger partial charge is 0.221 e. The summed E-state index contributed by atoms with van der Waals surface area (Å²) >= 11 is 0. The number of amides is 1. The molecule has 0 saturated heterocycles. The Bertz CT molecular complexity index is 227. The van der Waals surface area contributed by atoms with Gasteiger partial charge in [-0.05, 0) is 31.1 Å². The zero-order valence-electron chi connectivity index (χ0n) is 11.1. The van der Waals surface area contributed by atoms with Crippen molar-refractivity contribution < 1.29 is 9.53 Å². The van der Waals surface area contributed by atoms with Gasteiger partial charge in [0.1, 0.15) is 0 Å². The van der Waals surface area contributed by atoms with Crippen LogP contribution >= 0.6 is 0 Å². The second-order valence-electron chi connectivity index (χ2n) is 5.35. The number of ether oxygens (including phenoxy) is 1. The Kier molecular flexibility index (Phi) is 6.52. The van der Waals surface area contributed by atoms with Crippen LogP contribution in [0.25, 0.3) is 0 Å². The van der Waals surface area contributed by atoms with Crippen molar-refractivity contribution >= 4 is 5.91 Å². The zero-order chi connectivity index (χ0) is 12.7. The summed E-state index contributed by atoms with van der Waals surface area (Å²) in [6, 6.07) is 0.0526. The van der Waals surface area contributed by atoms with Crippen LogP contribution in [0, 0.1) is 11.8 Å². The van der Waals surface area contributed by atoms with Crippen molar-refractivity contribution in [3.63, 3.8) is 0 Å². The van der Waals surface area contributed by atoms with Crippen LogP contribution in [0.3, 0.4) is 0 Å². The van der Waals surface area contributed by atoms with Crippen molar-refractivity contribution in [2.45, 2.75) is 45.6 Å². The van der Waals surface area contributed by atoms with E-state index in [0.717, 1.165) is 13.0 Å². The van der Waals surface area contributed by atoms with E-state index in [-0.39, 0.29) is 11.9 Å². The molecule has 0 aromatic heterocycles. The number of nitrogens with one attached hydrogen (secondary N) is 1. The SMILES string of the molecule is CC(C)CCOCCNC(=O)CC(N)C1CC1. The second-order valence-corrected chi connectivity index (χ2v) is 5.35. The normalized spacial score (nSPS) is 17.2. The van der Waals surface area contributed by atoms with Crippen molar-refractivity contribution in [1.82, 2.24) is 5.32 Å². The molecule has 1 aliphatic rings. The Hall–Kier alpha value is -0.610. The monoisotopic (exact) mass is 242 g/mol. The van der Waals surface area contributed by atoms with E-state index in [4.69, 9.17) is 10.5 Å². The average Bonchev–Trinajstić information content (AvgIpc) is 3.06. The van der Waals surface area contributed by atoms with Gasteiger partial charge in [-0.15, -0.1) is 0 Å². The summed E-state index contributed by atoms with van der Waals surface area (Å²) in [5, 5.41) is 2.84. The highest BCUT2D eigenvalue weighted by Crippen LogP contribution is 2.32. The average molecular weight is 242 g/mol. The van der Waals surface area contributed by atoms with Gasteiger partial charge in [-0.2, -0.15) is 0 Å². The third kappa shape index (κ3) is 7.34. The molecule has 4 nitrogen and oxygen atoms in total. The van der Waals surface area contributed by atoms with E-state index in [1.807, 2.05) is 0 Å². The Balaban J connectivity index is 1.89. The highest BCUT2D eigenvalue weighted by Gasteiger charge is 2.29. The number of rotatable bonds is 9. The zero-order valence-corrected chi connectivity index (χ0v) is 11.1. The molecule has 1 atom stereocenters. The van der Waals surface area contributed by atoms with E-state index in [9.17, 15) is 4.79 Å². The van der Waals surface area contributed by atoms with Crippen LogP contribution in [0.15, 0.2) is 0 Å². The number of carbonyl (C=O) groups is 1. The maximum Gasteiger partial charge on any atom is 0.221 e. The predicted molar refractivity (Wildman–Crippen MR) is 68.6 cm³/mol. The summed E-state index contributed by atoms with van der Waals surface area (Å²) in [5.41, 5.74) is 5.87. The summed E-state index contributed by atoms with van der Waals surface area (Å²) in [5.74, 6) is 1.31. The molecule has 0 heterocycles. The third-order valence-electron chi connectivity index (χ3n) is 3.06. The van der Waals surface area contributed by atoms with Gasteiger partial charge in [0, 0.05) is 25.6 Å². The van der Waals surface area contributed by atoms with Crippen molar-refractivity contribution in [3.8, 4) is 0 Å².